The molecule has 0 aliphatic rings. The number of hydrogen-bond donors (Lipinski definition) is 7. The second-order valence-corrected chi connectivity index (χ2v) is 7.41. The number of amides is 2. The zero-order valence-electron chi connectivity index (χ0n) is 22.0. The number of benzene rings is 2. The Bertz CT molecular complexity index is 805. The first kappa shape index (κ1) is 83.7. The van der Waals surface area contributed by atoms with Crippen LogP contribution in [0, 0.1) is 0 Å². The number of carboxylic acid groups (broad SMARTS) is 3. The van der Waals surface area contributed by atoms with Crippen molar-refractivity contribution in [2.45, 2.75) is 98.2 Å². The van der Waals surface area contributed by atoms with Crippen molar-refractivity contribution in [1.82, 2.24) is 10.6 Å². The summed E-state index contributed by atoms with van der Waals surface area (Å²) in [7, 11) is 0. The number of primary amides is 1. The molecule has 0 saturated carbocycles. The van der Waals surface area contributed by atoms with E-state index in [9.17, 15) is 4.79 Å². The van der Waals surface area contributed by atoms with Gasteiger partial charge in [0.15, 0.2) is 0 Å². The van der Waals surface area contributed by atoms with E-state index in [0.717, 1.165) is 5.56 Å². The molecule has 13 heteroatoms. The Balaban J connectivity index is -0.0000000285. The van der Waals surface area contributed by atoms with Gasteiger partial charge in [0.2, 0.25) is 6.41 Å². The third kappa shape index (κ3) is 51.8. The average Bonchev–Trinajstić information content (AvgIpc) is 2.82. The summed E-state index contributed by atoms with van der Waals surface area (Å²) in [6, 6.07) is 19.6. The van der Waals surface area contributed by atoms with Crippen LogP contribution in [0.2, 0.25) is 0 Å². The van der Waals surface area contributed by atoms with E-state index in [4.69, 9.17) is 40.2 Å². The quantitative estimate of drug-likeness (QED) is 0.166. The van der Waals surface area contributed by atoms with Gasteiger partial charge in [-0.2, -0.15) is 0 Å². The molecule has 0 saturated heterocycles. The van der Waals surface area contributed by atoms with Crippen molar-refractivity contribution in [3.8, 4) is 0 Å². The summed E-state index contributed by atoms with van der Waals surface area (Å²) in [5.41, 5.74) is 11.1. The van der Waals surface area contributed by atoms with E-state index >= 15 is 0 Å². The van der Waals surface area contributed by atoms with E-state index < -0.39 is 11.6 Å². The van der Waals surface area contributed by atoms with Gasteiger partial charge in [-0.1, -0.05) is 127 Å². The van der Waals surface area contributed by atoms with Gasteiger partial charge in [-0.15, -0.1) is 0 Å². The normalized spacial score (nSPS) is 7.04. The Morgan fingerprint density at radius 2 is 0.870 bits per heavy atom. The highest BCUT2D eigenvalue weighted by Gasteiger charge is 2.21. The summed E-state index contributed by atoms with van der Waals surface area (Å²) in [4.78, 5) is 43.8. The lowest BCUT2D eigenvalue weighted by atomic mass is 9.94. The number of hydrogen-bond acceptors (Lipinski definition) is 7. The fraction of sp³-hybridized carbons (Fsp3) is 0.424. The Labute approximate surface area is 281 Å². The van der Waals surface area contributed by atoms with Crippen molar-refractivity contribution < 1.29 is 44.8 Å². The Hall–Kier alpha value is -4.91. The van der Waals surface area contributed by atoms with Crippen LogP contribution in [0.25, 0.3) is 0 Å². The monoisotopic (exact) mass is 669 g/mol. The fourth-order valence-corrected chi connectivity index (χ4v) is 2.52. The van der Waals surface area contributed by atoms with Crippen molar-refractivity contribution >= 4 is 32.2 Å². The topological polar surface area (TPSA) is 254 Å². The Morgan fingerprint density at radius 3 is 1.04 bits per heavy atom. The third-order valence-corrected chi connectivity index (χ3v) is 3.88. The van der Waals surface area contributed by atoms with E-state index in [0.29, 0.717) is 5.82 Å². The molecular formula is C33H72N4O9. The second kappa shape index (κ2) is 52.7. The van der Waals surface area contributed by atoms with Crippen LogP contribution in [0.3, 0.4) is 0 Å². The van der Waals surface area contributed by atoms with Gasteiger partial charge >= 0.3 is 6.09 Å². The van der Waals surface area contributed by atoms with Crippen LogP contribution < -0.4 is 22.1 Å². The van der Waals surface area contributed by atoms with Crippen LogP contribution in [-0.2, 0) is 30.3 Å². The molecule has 0 spiro atoms. The van der Waals surface area contributed by atoms with Gasteiger partial charge in [-0.25, -0.2) is 4.79 Å². The first-order valence-electron chi connectivity index (χ1n) is 10.2. The molecule has 11 N–H and O–H groups in total. The number of rotatable bonds is 5. The number of nitrogens with one attached hydrogen (secondary N) is 2. The zero-order valence-corrected chi connectivity index (χ0v) is 22.0. The molecule has 0 aromatic heterocycles. The maximum absolute atomic E-state index is 10.5. The average molecular weight is 669 g/mol. The second-order valence-electron chi connectivity index (χ2n) is 7.41. The predicted octanol–water partition coefficient (Wildman–Crippen LogP) is 6.71. The summed E-state index contributed by atoms with van der Waals surface area (Å²) in [6.07, 6.45) is -0.756. The van der Waals surface area contributed by atoms with Gasteiger partial charge in [-0.3, -0.25) is 14.4 Å². The van der Waals surface area contributed by atoms with Gasteiger partial charge in [0.1, 0.15) is 6.79 Å². The molecule has 278 valence electrons. The summed E-state index contributed by atoms with van der Waals surface area (Å²) in [5.74, 6) is 0.494. The summed E-state index contributed by atoms with van der Waals surface area (Å²) >= 11 is 0. The lowest BCUT2D eigenvalue weighted by Crippen LogP contribution is -2.39. The highest BCUT2D eigenvalue weighted by molar-refractivity contribution is 5.66. The molecule has 0 bridgehead atoms. The molecule has 2 amide bonds. The van der Waals surface area contributed by atoms with E-state index in [1.165, 1.54) is 5.56 Å². The Morgan fingerprint density at radius 1 is 0.674 bits per heavy atom. The van der Waals surface area contributed by atoms with Gasteiger partial charge in [0.25, 0.3) is 12.9 Å². The van der Waals surface area contributed by atoms with E-state index in [-0.39, 0.29) is 89.8 Å². The molecule has 0 atom stereocenters. The summed E-state index contributed by atoms with van der Waals surface area (Å²) in [6.45, 7) is 12.9. The SMILES string of the molecule is C.C.C.C.C.C.C.C.C=C(N)NC(C)(C)c1ccccc1.C=O.CC(C)(NC(=O)O)c1ccccc1.NC=O.O.O=CO.O=CO. The van der Waals surface area contributed by atoms with E-state index in [1.807, 2.05) is 69.2 Å². The molecule has 2 aromatic carbocycles. The molecule has 2 rings (SSSR count). The molecule has 2 aromatic rings. The maximum Gasteiger partial charge on any atom is 0.405 e. The first-order chi connectivity index (χ1) is 17.3. The molecular weight excluding hydrogens is 596 g/mol. The highest BCUT2D eigenvalue weighted by atomic mass is 16.4. The molecule has 13 nitrogen and oxygen atoms in total. The minimum atomic E-state index is -1.01. The summed E-state index contributed by atoms with van der Waals surface area (Å²) in [5, 5.41) is 27.9. The lowest BCUT2D eigenvalue weighted by Gasteiger charge is -2.27. The van der Waals surface area contributed by atoms with Gasteiger partial charge in [-0.05, 0) is 38.8 Å². The van der Waals surface area contributed by atoms with Gasteiger partial charge in [0, 0.05) is 0 Å². The zero-order chi connectivity index (χ0) is 29.9. The number of carbonyl (C=O) groups excluding carboxylic acids is 2. The smallest absolute Gasteiger partial charge is 0.405 e. The first-order valence-corrected chi connectivity index (χ1v) is 10.2. The van der Waals surface area contributed by atoms with Crippen molar-refractivity contribution in [2.24, 2.45) is 11.5 Å². The van der Waals surface area contributed by atoms with Crippen LogP contribution in [0.15, 0.2) is 73.1 Å². The van der Waals surface area contributed by atoms with Crippen molar-refractivity contribution in [2.75, 3.05) is 0 Å². The van der Waals surface area contributed by atoms with E-state index in [1.54, 1.807) is 0 Å². The van der Waals surface area contributed by atoms with Crippen molar-refractivity contribution in [1.29, 1.82) is 0 Å². The van der Waals surface area contributed by atoms with Crippen LogP contribution in [0.1, 0.15) is 98.2 Å². The van der Waals surface area contributed by atoms with Crippen molar-refractivity contribution in [3.63, 3.8) is 0 Å². The molecule has 0 aliphatic heterocycles. The standard InChI is InChI=1S/C11H16N2.C10H13NO2.CH3NO.2CH2O2.CH2O.8CH4.H2O/c1-9(12)13-11(2,3)10-7-5-4-6-8-10;1-10(2,11-9(12)13)8-6-4-3-5-7-8;3*2-1-3;1-2;;;;;;;;;/h4-8,13H,1,12H2,2-3H3;3-7,11H,1-2H3,(H,12,13);1H,(H2,2,3);2*1H,(H,2,3);1H2;8*1H4;1H2. The molecule has 0 radical (unpaired) electrons. The third-order valence-electron chi connectivity index (χ3n) is 3.88. The van der Waals surface area contributed by atoms with Crippen LogP contribution in [0.4, 0.5) is 4.79 Å². The molecule has 0 fully saturated rings. The fourth-order valence-electron chi connectivity index (χ4n) is 2.52. The van der Waals surface area contributed by atoms with Crippen LogP contribution in [-0.4, -0.2) is 53.0 Å². The molecule has 0 unspecified atom stereocenters. The summed E-state index contributed by atoms with van der Waals surface area (Å²) < 4.78 is 0. The van der Waals surface area contributed by atoms with Gasteiger partial charge in [0.05, 0.1) is 16.9 Å². The van der Waals surface area contributed by atoms with Crippen molar-refractivity contribution in [3.05, 3.63) is 84.2 Å². The largest absolute Gasteiger partial charge is 0.483 e. The predicted molar refractivity (Wildman–Crippen MR) is 199 cm³/mol. The number of carbonyl (C=O) groups is 5. The lowest BCUT2D eigenvalue weighted by molar-refractivity contribution is -0.123. The minimum Gasteiger partial charge on any atom is -0.483 e. The van der Waals surface area contributed by atoms with E-state index in [2.05, 4.69) is 48.9 Å². The van der Waals surface area contributed by atoms with Crippen LogP contribution >= 0.6 is 0 Å². The van der Waals surface area contributed by atoms with Crippen LogP contribution in [0.5, 0.6) is 0 Å². The minimum absolute atomic E-state index is 0. The highest BCUT2D eigenvalue weighted by Crippen LogP contribution is 2.20. The Kier molecular flexibility index (Phi) is 95.9. The number of nitrogens with two attached hydrogens (primary N) is 2. The maximum atomic E-state index is 10.5. The molecule has 0 heterocycles. The van der Waals surface area contributed by atoms with Gasteiger partial charge < -0.3 is 47.7 Å². The molecule has 0 aliphatic carbocycles. The molecule has 46 heavy (non-hydrogen) atoms.